The average molecular weight is 372 g/mol. The van der Waals surface area contributed by atoms with Gasteiger partial charge in [-0.2, -0.15) is 4.31 Å². The molecule has 0 aliphatic carbocycles. The second kappa shape index (κ2) is 8.52. The lowest BCUT2D eigenvalue weighted by Gasteiger charge is -2.22. The molecule has 0 saturated carbocycles. The number of methoxy groups -OCH3 is 1. The minimum Gasteiger partial charge on any atom is -0.497 e. The summed E-state index contributed by atoms with van der Waals surface area (Å²) in [6.45, 7) is 1.10. The third-order valence-electron chi connectivity index (χ3n) is 4.73. The first-order valence-corrected chi connectivity index (χ1v) is 10.4. The third kappa shape index (κ3) is 4.54. The van der Waals surface area contributed by atoms with Crippen molar-refractivity contribution in [2.75, 3.05) is 20.2 Å². The van der Waals surface area contributed by atoms with E-state index in [4.69, 9.17) is 4.74 Å². The maximum absolute atomic E-state index is 13.0. The zero-order chi connectivity index (χ0) is 18.4. The first kappa shape index (κ1) is 18.7. The number of rotatable bonds is 5. The van der Waals surface area contributed by atoms with Gasteiger partial charge in [-0.15, -0.1) is 0 Å². The predicted octanol–water partition coefficient (Wildman–Crippen LogP) is 4.20. The zero-order valence-electron chi connectivity index (χ0n) is 15.0. The van der Waals surface area contributed by atoms with Crippen molar-refractivity contribution in [3.8, 4) is 5.75 Å². The van der Waals surface area contributed by atoms with E-state index >= 15 is 0 Å². The van der Waals surface area contributed by atoms with Crippen LogP contribution in [0.25, 0.3) is 6.08 Å². The summed E-state index contributed by atoms with van der Waals surface area (Å²) >= 11 is 0. The van der Waals surface area contributed by atoms with Crippen molar-refractivity contribution in [2.45, 2.75) is 24.2 Å². The standard InChI is InChI=1S/C21H25NO3S/c1-25-20-12-14-21(15-13-20)26(23,24)22-16-6-5-9-19(17-22)11-10-18-7-3-2-4-8-18/h2-4,7-8,10-15,19H,5-6,9,16-17H2,1H3. The molecule has 4 nitrogen and oxygen atoms in total. The average Bonchev–Trinajstić information content (AvgIpc) is 2.93. The van der Waals surface area contributed by atoms with E-state index < -0.39 is 10.0 Å². The fraction of sp³-hybridized carbons (Fsp3) is 0.333. The Balaban J connectivity index is 1.76. The Morgan fingerprint density at radius 2 is 1.77 bits per heavy atom. The zero-order valence-corrected chi connectivity index (χ0v) is 15.9. The van der Waals surface area contributed by atoms with Crippen molar-refractivity contribution in [3.05, 3.63) is 66.2 Å². The molecular formula is C21H25NO3S. The Bertz CT molecular complexity index is 829. The van der Waals surface area contributed by atoms with E-state index in [0.29, 0.717) is 23.7 Å². The Kier molecular flexibility index (Phi) is 6.12. The third-order valence-corrected chi connectivity index (χ3v) is 6.61. The molecule has 138 valence electrons. The lowest BCUT2D eigenvalue weighted by atomic mass is 10.0. The molecule has 1 unspecified atom stereocenters. The van der Waals surface area contributed by atoms with Gasteiger partial charge >= 0.3 is 0 Å². The van der Waals surface area contributed by atoms with Crippen molar-refractivity contribution < 1.29 is 13.2 Å². The summed E-state index contributed by atoms with van der Waals surface area (Å²) in [6, 6.07) is 16.7. The Morgan fingerprint density at radius 1 is 1.04 bits per heavy atom. The Labute approximate surface area is 156 Å². The molecule has 1 saturated heterocycles. The normalized spacial score (nSPS) is 19.3. The van der Waals surface area contributed by atoms with Crippen molar-refractivity contribution in [3.63, 3.8) is 0 Å². The maximum atomic E-state index is 13.0. The molecule has 1 aliphatic rings. The van der Waals surface area contributed by atoms with Crippen molar-refractivity contribution in [1.82, 2.24) is 4.31 Å². The highest BCUT2D eigenvalue weighted by Crippen LogP contribution is 2.25. The van der Waals surface area contributed by atoms with Crippen molar-refractivity contribution in [2.24, 2.45) is 5.92 Å². The lowest BCUT2D eigenvalue weighted by Crippen LogP contribution is -2.34. The van der Waals surface area contributed by atoms with Crippen molar-refractivity contribution >= 4 is 16.1 Å². The minimum atomic E-state index is -3.48. The summed E-state index contributed by atoms with van der Waals surface area (Å²) in [5.74, 6) is 0.884. The monoisotopic (exact) mass is 371 g/mol. The number of hydrogen-bond donors (Lipinski definition) is 0. The molecule has 1 heterocycles. The molecule has 0 bridgehead atoms. The van der Waals surface area contributed by atoms with Gasteiger partial charge in [0, 0.05) is 13.1 Å². The van der Waals surface area contributed by atoms with Crippen LogP contribution in [0.3, 0.4) is 0 Å². The molecule has 5 heteroatoms. The Hall–Kier alpha value is -2.11. The van der Waals surface area contributed by atoms with Gasteiger partial charge in [-0.3, -0.25) is 0 Å². The molecule has 3 rings (SSSR count). The number of benzene rings is 2. The number of ether oxygens (including phenoxy) is 1. The smallest absolute Gasteiger partial charge is 0.243 e. The molecule has 2 aromatic rings. The van der Waals surface area contributed by atoms with Crippen LogP contribution >= 0.6 is 0 Å². The number of sulfonamides is 1. The van der Waals surface area contributed by atoms with E-state index in [9.17, 15) is 8.42 Å². The van der Waals surface area contributed by atoms with Gasteiger partial charge in [-0.05, 0) is 48.6 Å². The molecular weight excluding hydrogens is 346 g/mol. The van der Waals surface area contributed by atoms with Gasteiger partial charge in [0.1, 0.15) is 5.75 Å². The van der Waals surface area contributed by atoms with Crippen LogP contribution in [0.5, 0.6) is 5.75 Å². The second-order valence-electron chi connectivity index (χ2n) is 6.56. The summed E-state index contributed by atoms with van der Waals surface area (Å²) in [4.78, 5) is 0.325. The first-order valence-electron chi connectivity index (χ1n) is 8.97. The van der Waals surface area contributed by atoms with Crippen LogP contribution in [-0.4, -0.2) is 32.9 Å². The van der Waals surface area contributed by atoms with E-state index in [1.54, 1.807) is 35.7 Å². The first-order chi connectivity index (χ1) is 12.6. The van der Waals surface area contributed by atoms with Gasteiger partial charge in [0.15, 0.2) is 0 Å². The van der Waals surface area contributed by atoms with E-state index in [1.807, 2.05) is 18.2 Å². The highest BCUT2D eigenvalue weighted by atomic mass is 32.2. The molecule has 2 aromatic carbocycles. The summed E-state index contributed by atoms with van der Waals surface area (Å²) in [6.07, 6.45) is 7.19. The van der Waals surface area contributed by atoms with Crippen LogP contribution in [0.4, 0.5) is 0 Å². The summed E-state index contributed by atoms with van der Waals surface area (Å²) in [5.41, 5.74) is 1.14. The molecule has 0 aromatic heterocycles. The van der Waals surface area contributed by atoms with Crippen LogP contribution in [0, 0.1) is 5.92 Å². The van der Waals surface area contributed by atoms with Gasteiger partial charge in [0.2, 0.25) is 10.0 Å². The molecule has 1 atom stereocenters. The maximum Gasteiger partial charge on any atom is 0.243 e. The van der Waals surface area contributed by atoms with Gasteiger partial charge in [0.05, 0.1) is 12.0 Å². The molecule has 0 radical (unpaired) electrons. The van der Waals surface area contributed by atoms with Crippen LogP contribution < -0.4 is 4.74 Å². The fourth-order valence-corrected chi connectivity index (χ4v) is 4.76. The van der Waals surface area contributed by atoms with Crippen LogP contribution in [-0.2, 0) is 10.0 Å². The minimum absolute atomic E-state index is 0.228. The molecule has 26 heavy (non-hydrogen) atoms. The van der Waals surface area contributed by atoms with E-state index in [1.165, 1.54) is 0 Å². The molecule has 1 aliphatic heterocycles. The Morgan fingerprint density at radius 3 is 2.46 bits per heavy atom. The topological polar surface area (TPSA) is 46.6 Å². The summed E-state index contributed by atoms with van der Waals surface area (Å²) in [7, 11) is -1.91. The van der Waals surface area contributed by atoms with E-state index in [0.717, 1.165) is 24.8 Å². The highest BCUT2D eigenvalue weighted by molar-refractivity contribution is 7.89. The fourth-order valence-electron chi connectivity index (χ4n) is 3.22. The van der Waals surface area contributed by atoms with E-state index in [-0.39, 0.29) is 5.92 Å². The molecule has 0 spiro atoms. The van der Waals surface area contributed by atoms with Crippen LogP contribution in [0.15, 0.2) is 65.6 Å². The SMILES string of the molecule is COc1ccc(S(=O)(=O)N2CCCCC(C=Cc3ccccc3)C2)cc1. The molecule has 1 fully saturated rings. The summed E-state index contributed by atoms with van der Waals surface area (Å²) < 4.78 is 32.8. The predicted molar refractivity (Wildman–Crippen MR) is 105 cm³/mol. The van der Waals surface area contributed by atoms with E-state index in [2.05, 4.69) is 24.3 Å². The van der Waals surface area contributed by atoms with Crippen LogP contribution in [0.1, 0.15) is 24.8 Å². The van der Waals surface area contributed by atoms with Gasteiger partial charge in [-0.1, -0.05) is 48.9 Å². The molecule has 0 amide bonds. The van der Waals surface area contributed by atoms with Gasteiger partial charge < -0.3 is 4.74 Å². The molecule has 0 N–H and O–H groups in total. The van der Waals surface area contributed by atoms with Gasteiger partial charge in [-0.25, -0.2) is 8.42 Å². The quantitative estimate of drug-likeness (QED) is 0.791. The van der Waals surface area contributed by atoms with Crippen molar-refractivity contribution in [1.29, 1.82) is 0 Å². The van der Waals surface area contributed by atoms with Gasteiger partial charge in [0.25, 0.3) is 0 Å². The second-order valence-corrected chi connectivity index (χ2v) is 8.50. The summed E-state index contributed by atoms with van der Waals surface area (Å²) in [5, 5.41) is 0. The number of nitrogens with zero attached hydrogens (tertiary/aromatic N) is 1. The lowest BCUT2D eigenvalue weighted by molar-refractivity contribution is 0.396. The largest absolute Gasteiger partial charge is 0.497 e. The number of hydrogen-bond acceptors (Lipinski definition) is 3. The van der Waals surface area contributed by atoms with Crippen LogP contribution in [0.2, 0.25) is 0 Å². The highest BCUT2D eigenvalue weighted by Gasteiger charge is 2.28.